The molecule has 0 bridgehead atoms. The summed E-state index contributed by atoms with van der Waals surface area (Å²) in [4.78, 5) is 11.6. The van der Waals surface area contributed by atoms with E-state index < -0.39 is 31.1 Å². The zero-order chi connectivity index (χ0) is 15.2. The summed E-state index contributed by atoms with van der Waals surface area (Å²) in [6.45, 7) is 1.17. The molecule has 112 valence electrons. The van der Waals surface area contributed by atoms with Gasteiger partial charge in [0.2, 0.25) is 5.12 Å². The second kappa shape index (κ2) is 7.11. The molecule has 0 aliphatic carbocycles. The van der Waals surface area contributed by atoms with Crippen LogP contribution in [-0.2, 0) is 0 Å². The molecule has 0 spiro atoms. The lowest BCUT2D eigenvalue weighted by Gasteiger charge is -2.21. The summed E-state index contributed by atoms with van der Waals surface area (Å²) >= 11 is 0.726. The van der Waals surface area contributed by atoms with Crippen LogP contribution in [0.15, 0.2) is 30.3 Å². The molecular weight excluding hydrogens is 292 g/mol. The number of carbonyl (C=O) groups is 1. The van der Waals surface area contributed by atoms with Crippen molar-refractivity contribution >= 4 is 16.9 Å². The smallest absolute Gasteiger partial charge is 0.254 e. The summed E-state index contributed by atoms with van der Waals surface area (Å²) in [5.41, 5.74) is 0.416. The van der Waals surface area contributed by atoms with E-state index in [-0.39, 0.29) is 10.9 Å². The van der Waals surface area contributed by atoms with Crippen molar-refractivity contribution in [1.82, 2.24) is 0 Å². The Morgan fingerprint density at radius 1 is 1.10 bits per heavy atom. The third kappa shape index (κ3) is 5.94. The Morgan fingerprint density at radius 2 is 1.70 bits per heavy atom. The molecule has 0 saturated heterocycles. The Hall–Kier alpha value is -1.04. The van der Waals surface area contributed by atoms with Crippen LogP contribution < -0.4 is 0 Å². The molecule has 0 amide bonds. The molecule has 0 fully saturated rings. The largest absolute Gasteiger partial charge is 0.282 e. The molecule has 0 atom stereocenters. The molecule has 0 N–H and O–H groups in total. The van der Waals surface area contributed by atoms with Crippen LogP contribution in [0.4, 0.5) is 17.6 Å². The monoisotopic (exact) mass is 308 g/mol. The molecule has 0 saturated carbocycles. The SMILES string of the molecule is CCC(F)(F)CC(F)(F)CCSC(=O)c1ccccc1. The average Bonchev–Trinajstić information content (AvgIpc) is 2.38. The molecule has 0 aliphatic rings. The number of benzene rings is 1. The summed E-state index contributed by atoms with van der Waals surface area (Å²) < 4.78 is 52.6. The highest BCUT2D eigenvalue weighted by atomic mass is 32.2. The number of halogens is 4. The van der Waals surface area contributed by atoms with E-state index in [2.05, 4.69) is 0 Å². The zero-order valence-electron chi connectivity index (χ0n) is 11.0. The minimum absolute atomic E-state index is 0.180. The lowest BCUT2D eigenvalue weighted by Crippen LogP contribution is -2.29. The van der Waals surface area contributed by atoms with Gasteiger partial charge in [0.05, 0.1) is 6.42 Å². The molecule has 0 heterocycles. The van der Waals surface area contributed by atoms with E-state index in [1.807, 2.05) is 0 Å². The van der Waals surface area contributed by atoms with Crippen molar-refractivity contribution in [3.63, 3.8) is 0 Å². The molecule has 6 heteroatoms. The predicted molar refractivity (Wildman–Crippen MR) is 72.6 cm³/mol. The van der Waals surface area contributed by atoms with Crippen molar-refractivity contribution in [2.24, 2.45) is 0 Å². The van der Waals surface area contributed by atoms with E-state index in [0.717, 1.165) is 11.8 Å². The van der Waals surface area contributed by atoms with Gasteiger partial charge in [-0.05, 0) is 0 Å². The van der Waals surface area contributed by atoms with Gasteiger partial charge in [0, 0.05) is 24.2 Å². The van der Waals surface area contributed by atoms with E-state index in [1.54, 1.807) is 30.3 Å². The van der Waals surface area contributed by atoms with Crippen molar-refractivity contribution in [2.45, 2.75) is 38.0 Å². The van der Waals surface area contributed by atoms with Crippen molar-refractivity contribution < 1.29 is 22.4 Å². The first-order chi connectivity index (χ1) is 9.26. The summed E-state index contributed by atoms with van der Waals surface area (Å²) in [5, 5.41) is -0.330. The van der Waals surface area contributed by atoms with E-state index >= 15 is 0 Å². The minimum Gasteiger partial charge on any atom is -0.282 e. The number of rotatable bonds is 7. The fraction of sp³-hybridized carbons (Fsp3) is 0.500. The van der Waals surface area contributed by atoms with Gasteiger partial charge in [0.15, 0.2) is 0 Å². The Bertz CT molecular complexity index is 434. The van der Waals surface area contributed by atoms with Crippen LogP contribution >= 0.6 is 11.8 Å². The topological polar surface area (TPSA) is 17.1 Å². The number of alkyl halides is 4. The first kappa shape index (κ1) is 17.0. The third-order valence-corrected chi connectivity index (χ3v) is 3.65. The molecule has 20 heavy (non-hydrogen) atoms. The van der Waals surface area contributed by atoms with Crippen LogP contribution in [0.25, 0.3) is 0 Å². The van der Waals surface area contributed by atoms with Crippen LogP contribution in [0, 0.1) is 0 Å². The molecule has 1 aromatic rings. The zero-order valence-corrected chi connectivity index (χ0v) is 11.9. The molecule has 1 nitrogen and oxygen atoms in total. The fourth-order valence-corrected chi connectivity index (χ4v) is 2.43. The summed E-state index contributed by atoms with van der Waals surface area (Å²) in [6, 6.07) is 8.24. The number of carbonyl (C=O) groups excluding carboxylic acids is 1. The van der Waals surface area contributed by atoms with Crippen LogP contribution in [-0.4, -0.2) is 22.7 Å². The van der Waals surface area contributed by atoms with Crippen molar-refractivity contribution in [3.8, 4) is 0 Å². The maximum Gasteiger partial charge on any atom is 0.254 e. The standard InChI is InChI=1S/C14H16F4OS/c1-2-13(15,16)10-14(17,18)8-9-20-12(19)11-6-4-3-5-7-11/h3-7H,2,8-10H2,1H3. The van der Waals surface area contributed by atoms with Crippen LogP contribution in [0.5, 0.6) is 0 Å². The lowest BCUT2D eigenvalue weighted by molar-refractivity contribution is -0.112. The van der Waals surface area contributed by atoms with Gasteiger partial charge in [-0.15, -0.1) is 0 Å². The number of hydrogen-bond acceptors (Lipinski definition) is 2. The summed E-state index contributed by atoms with van der Waals surface area (Å²) in [7, 11) is 0. The van der Waals surface area contributed by atoms with Gasteiger partial charge in [-0.25, -0.2) is 17.6 Å². The Morgan fingerprint density at radius 3 is 2.25 bits per heavy atom. The number of hydrogen-bond donors (Lipinski definition) is 0. The first-order valence-electron chi connectivity index (χ1n) is 6.23. The van der Waals surface area contributed by atoms with Gasteiger partial charge in [0.1, 0.15) is 0 Å². The maximum absolute atomic E-state index is 13.4. The fourth-order valence-electron chi connectivity index (χ4n) is 1.54. The van der Waals surface area contributed by atoms with E-state index in [1.165, 1.54) is 6.92 Å². The molecule has 0 unspecified atom stereocenters. The lowest BCUT2D eigenvalue weighted by atomic mass is 10.1. The maximum atomic E-state index is 13.4. The van der Waals surface area contributed by atoms with Gasteiger partial charge in [-0.2, -0.15) is 0 Å². The molecule has 0 radical (unpaired) electrons. The molecule has 1 aromatic carbocycles. The van der Waals surface area contributed by atoms with E-state index in [4.69, 9.17) is 0 Å². The highest BCUT2D eigenvalue weighted by molar-refractivity contribution is 8.14. The van der Waals surface area contributed by atoms with Gasteiger partial charge < -0.3 is 0 Å². The van der Waals surface area contributed by atoms with Crippen LogP contribution in [0.1, 0.15) is 36.5 Å². The normalized spacial score (nSPS) is 12.4. The van der Waals surface area contributed by atoms with Crippen molar-refractivity contribution in [3.05, 3.63) is 35.9 Å². The van der Waals surface area contributed by atoms with Crippen molar-refractivity contribution in [2.75, 3.05) is 5.75 Å². The highest BCUT2D eigenvalue weighted by Gasteiger charge is 2.41. The van der Waals surface area contributed by atoms with Gasteiger partial charge in [0.25, 0.3) is 11.8 Å². The second-order valence-corrected chi connectivity index (χ2v) is 5.56. The van der Waals surface area contributed by atoms with Crippen LogP contribution in [0.2, 0.25) is 0 Å². The Kier molecular flexibility index (Phi) is 6.05. The Balaban J connectivity index is 2.42. The Labute approximate surface area is 119 Å². The summed E-state index contributed by atoms with van der Waals surface area (Å²) in [6.07, 6.45) is -2.80. The van der Waals surface area contributed by atoms with E-state index in [0.29, 0.717) is 5.56 Å². The van der Waals surface area contributed by atoms with Gasteiger partial charge in [-0.3, -0.25) is 4.79 Å². The molecule has 0 aromatic heterocycles. The predicted octanol–water partition coefficient (Wildman–Crippen LogP) is 5.02. The highest BCUT2D eigenvalue weighted by Crippen LogP contribution is 2.35. The quantitative estimate of drug-likeness (QED) is 0.658. The molecular formula is C14H16F4OS. The summed E-state index contributed by atoms with van der Waals surface area (Å²) in [5.74, 6) is -7.00. The molecule has 0 aliphatic heterocycles. The van der Waals surface area contributed by atoms with Gasteiger partial charge >= 0.3 is 0 Å². The number of thioether (sulfide) groups is 1. The third-order valence-electron chi connectivity index (χ3n) is 2.74. The second-order valence-electron chi connectivity index (χ2n) is 4.49. The first-order valence-corrected chi connectivity index (χ1v) is 7.22. The van der Waals surface area contributed by atoms with Crippen molar-refractivity contribution in [1.29, 1.82) is 0 Å². The minimum atomic E-state index is -3.45. The van der Waals surface area contributed by atoms with E-state index in [9.17, 15) is 22.4 Å². The van der Waals surface area contributed by atoms with Crippen LogP contribution in [0.3, 0.4) is 0 Å². The molecule has 1 rings (SSSR count). The average molecular weight is 308 g/mol. The van der Waals surface area contributed by atoms with Gasteiger partial charge in [-0.1, -0.05) is 49.0 Å².